The molecule has 0 radical (unpaired) electrons. The molecule has 0 spiro atoms. The molecule has 2 N–H and O–H groups in total. The Hall–Kier alpha value is -2.01. The topological polar surface area (TPSA) is 54.3 Å². The van der Waals surface area contributed by atoms with Gasteiger partial charge in [0.15, 0.2) is 0 Å². The molecule has 1 atom stereocenters. The van der Waals surface area contributed by atoms with E-state index in [2.05, 4.69) is 9.40 Å². The van der Waals surface area contributed by atoms with E-state index in [1.165, 1.54) is 0 Å². The zero-order valence-corrected chi connectivity index (χ0v) is 15.2. The van der Waals surface area contributed by atoms with E-state index in [0.717, 1.165) is 27.7 Å². The predicted molar refractivity (Wildman–Crippen MR) is 101 cm³/mol. The summed E-state index contributed by atoms with van der Waals surface area (Å²) in [5.74, 6) is -0.969. The standard InChI is InChI=1S/C19H18Cl2N2O2/c1-12-16(10-17(22-21)19(24)25)15-4-2-3-5-18(15)23(12)11-13-6-8-14(20)9-7-13/h2-9,17,22H,10-11H2,1H3,(H,24,25). The van der Waals surface area contributed by atoms with Crippen molar-refractivity contribution in [3.05, 3.63) is 70.4 Å². The van der Waals surface area contributed by atoms with Gasteiger partial charge in [0.1, 0.15) is 6.04 Å². The number of aromatic nitrogens is 1. The van der Waals surface area contributed by atoms with E-state index in [4.69, 9.17) is 23.4 Å². The molecule has 0 saturated carbocycles. The Labute approximate surface area is 156 Å². The lowest BCUT2D eigenvalue weighted by molar-refractivity contribution is -0.138. The number of carboxylic acid groups (broad SMARTS) is 1. The molecular formula is C19H18Cl2N2O2. The number of carboxylic acids is 1. The second kappa shape index (κ2) is 7.48. The average molecular weight is 377 g/mol. The van der Waals surface area contributed by atoms with Crippen molar-refractivity contribution in [3.63, 3.8) is 0 Å². The molecule has 4 nitrogen and oxygen atoms in total. The van der Waals surface area contributed by atoms with Crippen molar-refractivity contribution >= 4 is 40.2 Å². The van der Waals surface area contributed by atoms with Crippen LogP contribution < -0.4 is 4.84 Å². The van der Waals surface area contributed by atoms with Crippen LogP contribution in [0.2, 0.25) is 5.02 Å². The first-order valence-corrected chi connectivity index (χ1v) is 8.67. The first-order valence-electron chi connectivity index (χ1n) is 7.91. The number of aliphatic carboxylic acids is 1. The highest BCUT2D eigenvalue weighted by molar-refractivity contribution is 6.30. The Morgan fingerprint density at radius 2 is 1.88 bits per heavy atom. The van der Waals surface area contributed by atoms with Crippen molar-refractivity contribution in [2.24, 2.45) is 0 Å². The SMILES string of the molecule is Cc1c(CC(NCl)C(=O)O)c2ccccc2n1Cc1ccc(Cl)cc1. The van der Waals surface area contributed by atoms with Gasteiger partial charge in [-0.15, -0.1) is 0 Å². The van der Waals surface area contributed by atoms with E-state index < -0.39 is 12.0 Å². The number of hydrogen-bond acceptors (Lipinski definition) is 2. The molecule has 0 bridgehead atoms. The van der Waals surface area contributed by atoms with Gasteiger partial charge in [-0.25, -0.2) is 4.84 Å². The number of hydrogen-bond donors (Lipinski definition) is 2. The molecule has 130 valence electrons. The van der Waals surface area contributed by atoms with Crippen LogP contribution in [-0.4, -0.2) is 21.7 Å². The van der Waals surface area contributed by atoms with Crippen molar-refractivity contribution in [2.45, 2.75) is 25.9 Å². The summed E-state index contributed by atoms with van der Waals surface area (Å²) in [6.45, 7) is 2.70. The normalized spacial score (nSPS) is 12.4. The number of carbonyl (C=O) groups is 1. The average Bonchev–Trinajstić information content (AvgIpc) is 2.86. The fourth-order valence-corrected chi connectivity index (χ4v) is 3.41. The lowest BCUT2D eigenvalue weighted by Gasteiger charge is -2.11. The zero-order valence-electron chi connectivity index (χ0n) is 13.7. The summed E-state index contributed by atoms with van der Waals surface area (Å²) >= 11 is 11.6. The third kappa shape index (κ3) is 3.66. The quantitative estimate of drug-likeness (QED) is 0.627. The van der Waals surface area contributed by atoms with Crippen LogP contribution >= 0.6 is 23.4 Å². The summed E-state index contributed by atoms with van der Waals surface area (Å²) in [5, 5.41) is 11.1. The fraction of sp³-hybridized carbons (Fsp3) is 0.211. The van der Waals surface area contributed by atoms with Crippen molar-refractivity contribution in [3.8, 4) is 0 Å². The number of halogens is 2. The first-order chi connectivity index (χ1) is 12.0. The van der Waals surface area contributed by atoms with E-state index in [1.807, 2.05) is 55.5 Å². The van der Waals surface area contributed by atoms with Gasteiger partial charge in [-0.1, -0.05) is 41.9 Å². The fourth-order valence-electron chi connectivity index (χ4n) is 3.11. The second-order valence-electron chi connectivity index (χ2n) is 6.00. The number of rotatable bonds is 6. The largest absolute Gasteiger partial charge is 0.480 e. The Morgan fingerprint density at radius 1 is 1.20 bits per heavy atom. The molecule has 0 saturated heterocycles. The monoisotopic (exact) mass is 376 g/mol. The zero-order chi connectivity index (χ0) is 18.0. The maximum atomic E-state index is 11.3. The number of nitrogens with zero attached hydrogens (tertiary/aromatic N) is 1. The first kappa shape index (κ1) is 17.8. The minimum absolute atomic E-state index is 0.318. The third-order valence-corrected chi connectivity index (χ3v) is 4.97. The van der Waals surface area contributed by atoms with Crippen LogP contribution in [0, 0.1) is 6.92 Å². The highest BCUT2D eigenvalue weighted by Crippen LogP contribution is 2.28. The van der Waals surface area contributed by atoms with Gasteiger partial charge in [0, 0.05) is 34.6 Å². The van der Waals surface area contributed by atoms with Crippen LogP contribution in [0.1, 0.15) is 16.8 Å². The minimum Gasteiger partial charge on any atom is -0.480 e. The summed E-state index contributed by atoms with van der Waals surface area (Å²) < 4.78 is 2.20. The molecule has 1 aromatic heterocycles. The number of nitrogens with one attached hydrogen (secondary N) is 1. The van der Waals surface area contributed by atoms with Crippen LogP contribution in [0.3, 0.4) is 0 Å². The van der Waals surface area contributed by atoms with E-state index in [1.54, 1.807) is 0 Å². The van der Waals surface area contributed by atoms with Crippen LogP contribution in [0.4, 0.5) is 0 Å². The summed E-state index contributed by atoms with van der Waals surface area (Å²) in [4.78, 5) is 13.7. The van der Waals surface area contributed by atoms with Gasteiger partial charge >= 0.3 is 5.97 Å². The van der Waals surface area contributed by atoms with Crippen LogP contribution in [0.25, 0.3) is 10.9 Å². The van der Waals surface area contributed by atoms with Crippen molar-refractivity contribution < 1.29 is 9.90 Å². The predicted octanol–water partition coefficient (Wildman–Crippen LogP) is 4.39. The molecule has 1 unspecified atom stereocenters. The van der Waals surface area contributed by atoms with Gasteiger partial charge < -0.3 is 9.67 Å². The number of benzene rings is 2. The van der Waals surface area contributed by atoms with E-state index >= 15 is 0 Å². The lowest BCUT2D eigenvalue weighted by Crippen LogP contribution is -2.32. The molecule has 3 aromatic rings. The molecule has 0 fully saturated rings. The lowest BCUT2D eigenvalue weighted by atomic mass is 10.0. The van der Waals surface area contributed by atoms with Crippen molar-refractivity contribution in [1.29, 1.82) is 0 Å². The molecular weight excluding hydrogens is 359 g/mol. The maximum Gasteiger partial charge on any atom is 0.322 e. The van der Waals surface area contributed by atoms with E-state index in [9.17, 15) is 9.90 Å². The van der Waals surface area contributed by atoms with Gasteiger partial charge in [-0.2, -0.15) is 0 Å². The van der Waals surface area contributed by atoms with Crippen molar-refractivity contribution in [2.75, 3.05) is 0 Å². The molecule has 1 heterocycles. The Morgan fingerprint density at radius 3 is 2.52 bits per heavy atom. The summed E-state index contributed by atoms with van der Waals surface area (Å²) in [5.41, 5.74) is 4.23. The summed E-state index contributed by atoms with van der Waals surface area (Å²) in [6, 6.07) is 14.9. The van der Waals surface area contributed by atoms with Gasteiger partial charge in [-0.05, 0) is 48.0 Å². The second-order valence-corrected chi connectivity index (χ2v) is 6.65. The minimum atomic E-state index is -0.969. The highest BCUT2D eigenvalue weighted by atomic mass is 35.5. The summed E-state index contributed by atoms with van der Waals surface area (Å²) in [7, 11) is 0. The molecule has 0 aliphatic rings. The van der Waals surface area contributed by atoms with Gasteiger partial charge in [0.25, 0.3) is 0 Å². The molecule has 25 heavy (non-hydrogen) atoms. The molecule has 0 aliphatic carbocycles. The van der Waals surface area contributed by atoms with Gasteiger partial charge in [-0.3, -0.25) is 4.79 Å². The van der Waals surface area contributed by atoms with Crippen molar-refractivity contribution in [1.82, 2.24) is 9.40 Å². The van der Waals surface area contributed by atoms with Crippen LogP contribution in [-0.2, 0) is 17.8 Å². The van der Waals surface area contributed by atoms with Crippen LogP contribution in [0.5, 0.6) is 0 Å². The highest BCUT2D eigenvalue weighted by Gasteiger charge is 2.22. The maximum absolute atomic E-state index is 11.3. The number of fused-ring (bicyclic) bond motifs is 1. The molecule has 3 rings (SSSR count). The van der Waals surface area contributed by atoms with E-state index in [-0.39, 0.29) is 0 Å². The Bertz CT molecular complexity index is 904. The molecule has 6 heteroatoms. The van der Waals surface area contributed by atoms with Gasteiger partial charge in [0.2, 0.25) is 0 Å². The Kier molecular flexibility index (Phi) is 5.33. The van der Waals surface area contributed by atoms with Gasteiger partial charge in [0.05, 0.1) is 0 Å². The smallest absolute Gasteiger partial charge is 0.322 e. The van der Waals surface area contributed by atoms with Crippen LogP contribution in [0.15, 0.2) is 48.5 Å². The summed E-state index contributed by atoms with van der Waals surface area (Å²) in [6.07, 6.45) is 0.318. The molecule has 2 aromatic carbocycles. The Balaban J connectivity index is 2.05. The van der Waals surface area contributed by atoms with E-state index in [0.29, 0.717) is 18.0 Å². The molecule has 0 aliphatic heterocycles. The third-order valence-electron chi connectivity index (χ3n) is 4.45. The number of para-hydroxylation sites is 1. The molecule has 0 amide bonds.